The Morgan fingerprint density at radius 1 is 1.15 bits per heavy atom. The third-order valence-corrected chi connectivity index (χ3v) is 5.45. The number of furan rings is 1. The molecule has 3 heterocycles. The summed E-state index contributed by atoms with van der Waals surface area (Å²) in [5.74, 6) is -0.0484. The first kappa shape index (κ1) is 17.4. The van der Waals surface area contributed by atoms with Gasteiger partial charge >= 0.3 is 0 Å². The number of nitrogens with one attached hydrogen (secondary N) is 1. The molecule has 0 saturated carbocycles. The van der Waals surface area contributed by atoms with Crippen molar-refractivity contribution in [2.45, 2.75) is 19.4 Å². The topological polar surface area (TPSA) is 50.4 Å². The Morgan fingerprint density at radius 2 is 1.92 bits per heavy atom. The molecule has 136 valence electrons. The zero-order valence-electron chi connectivity index (χ0n) is 14.6. The highest BCUT2D eigenvalue weighted by Gasteiger charge is 2.18. The summed E-state index contributed by atoms with van der Waals surface area (Å²) in [5.41, 5.74) is 3.46. The molecule has 0 aliphatic carbocycles. The van der Waals surface area contributed by atoms with E-state index in [1.165, 1.54) is 12.8 Å². The Bertz CT molecular complexity index is 892. The lowest BCUT2D eigenvalue weighted by Gasteiger charge is -2.15. The second-order valence-corrected chi connectivity index (χ2v) is 7.63. The van der Waals surface area contributed by atoms with Crippen molar-refractivity contribution in [3.8, 4) is 0 Å². The van der Waals surface area contributed by atoms with Crippen LogP contribution in [0.5, 0.6) is 0 Å². The number of fused-ring (bicyclic) bond motifs is 1. The molecule has 1 aromatic carbocycles. The third-order valence-electron chi connectivity index (χ3n) is 4.92. The van der Waals surface area contributed by atoms with Crippen molar-refractivity contribution >= 4 is 32.9 Å². The molecule has 1 aliphatic rings. The summed E-state index contributed by atoms with van der Waals surface area (Å²) in [6, 6.07) is 11.9. The second kappa shape index (κ2) is 7.68. The van der Waals surface area contributed by atoms with Gasteiger partial charge < -0.3 is 19.2 Å². The highest BCUT2D eigenvalue weighted by molar-refractivity contribution is 9.10. The first-order valence-corrected chi connectivity index (χ1v) is 9.82. The fourth-order valence-electron chi connectivity index (χ4n) is 3.53. The van der Waals surface area contributed by atoms with E-state index >= 15 is 0 Å². The van der Waals surface area contributed by atoms with Gasteiger partial charge in [0.25, 0.3) is 5.91 Å². The van der Waals surface area contributed by atoms with Gasteiger partial charge in [-0.25, -0.2) is 0 Å². The first-order chi connectivity index (χ1) is 12.7. The number of carbonyl (C=O) groups excluding carboxylic acids is 1. The number of benzene rings is 1. The number of hydrogen-bond acceptors (Lipinski definition) is 3. The Hall–Kier alpha value is -2.05. The van der Waals surface area contributed by atoms with Crippen LogP contribution in [0.1, 0.15) is 28.9 Å². The van der Waals surface area contributed by atoms with Gasteiger partial charge in [-0.1, -0.05) is 28.1 Å². The number of hydrogen-bond donors (Lipinski definition) is 1. The number of nitrogens with zero attached hydrogens (tertiary/aromatic N) is 2. The molecule has 26 heavy (non-hydrogen) atoms. The van der Waals surface area contributed by atoms with Gasteiger partial charge in [0.15, 0.2) is 5.58 Å². The molecule has 4 rings (SSSR count). The largest absolute Gasteiger partial charge is 0.463 e. The van der Waals surface area contributed by atoms with Crippen molar-refractivity contribution in [2.75, 3.05) is 26.2 Å². The normalized spacial score (nSPS) is 15.0. The van der Waals surface area contributed by atoms with E-state index in [1.807, 2.05) is 28.8 Å². The van der Waals surface area contributed by atoms with Gasteiger partial charge in [0.1, 0.15) is 5.69 Å². The van der Waals surface area contributed by atoms with Crippen LogP contribution in [0.25, 0.3) is 11.1 Å². The zero-order chi connectivity index (χ0) is 17.9. The fourth-order valence-corrected chi connectivity index (χ4v) is 3.80. The van der Waals surface area contributed by atoms with E-state index in [0.29, 0.717) is 18.8 Å². The van der Waals surface area contributed by atoms with Gasteiger partial charge in [0, 0.05) is 36.2 Å². The molecular weight excluding hydrogens is 394 g/mol. The Labute approximate surface area is 161 Å². The van der Waals surface area contributed by atoms with Crippen molar-refractivity contribution in [1.29, 1.82) is 0 Å². The molecule has 1 N–H and O–H groups in total. The predicted octanol–water partition coefficient (Wildman–Crippen LogP) is 3.87. The molecule has 0 radical (unpaired) electrons. The number of aromatic nitrogens is 1. The van der Waals surface area contributed by atoms with Crippen molar-refractivity contribution in [2.24, 2.45) is 0 Å². The van der Waals surface area contributed by atoms with Crippen LogP contribution >= 0.6 is 15.9 Å². The maximum Gasteiger partial charge on any atom is 0.268 e. The Balaban J connectivity index is 1.51. The summed E-state index contributed by atoms with van der Waals surface area (Å²) < 4.78 is 8.58. The van der Waals surface area contributed by atoms with E-state index in [-0.39, 0.29) is 5.91 Å². The molecule has 0 atom stereocenters. The van der Waals surface area contributed by atoms with Crippen LogP contribution in [0.15, 0.2) is 51.6 Å². The van der Waals surface area contributed by atoms with Crippen LogP contribution in [0.4, 0.5) is 0 Å². The number of likely N-dealkylation sites (tertiary alicyclic amines) is 1. The van der Waals surface area contributed by atoms with Crippen LogP contribution in [0.3, 0.4) is 0 Å². The van der Waals surface area contributed by atoms with Crippen molar-refractivity contribution < 1.29 is 9.21 Å². The van der Waals surface area contributed by atoms with Crippen LogP contribution in [0, 0.1) is 0 Å². The van der Waals surface area contributed by atoms with E-state index in [4.69, 9.17) is 4.42 Å². The second-order valence-electron chi connectivity index (χ2n) is 6.72. The zero-order valence-corrected chi connectivity index (χ0v) is 16.2. The summed E-state index contributed by atoms with van der Waals surface area (Å²) in [5, 5.41) is 3.06. The number of carbonyl (C=O) groups is 1. The van der Waals surface area contributed by atoms with Crippen LogP contribution in [0.2, 0.25) is 0 Å². The standard InChI is InChI=1S/C20H22BrN3O2/c21-16-5-3-15(4-6-16)14-24-17-7-12-26-19(17)13-18(24)20(25)22-8-11-23-9-1-2-10-23/h3-7,12-13H,1-2,8-11,14H2,(H,22,25). The van der Waals surface area contributed by atoms with E-state index in [2.05, 4.69) is 38.3 Å². The maximum atomic E-state index is 12.8. The molecule has 0 unspecified atom stereocenters. The summed E-state index contributed by atoms with van der Waals surface area (Å²) in [6.07, 6.45) is 4.19. The number of rotatable bonds is 6. The lowest BCUT2D eigenvalue weighted by molar-refractivity contribution is 0.0941. The van der Waals surface area contributed by atoms with Gasteiger partial charge in [0.2, 0.25) is 0 Å². The van der Waals surface area contributed by atoms with Crippen LogP contribution in [-0.4, -0.2) is 41.6 Å². The molecule has 1 saturated heterocycles. The van der Waals surface area contributed by atoms with Gasteiger partial charge in [-0.3, -0.25) is 4.79 Å². The smallest absolute Gasteiger partial charge is 0.268 e. The first-order valence-electron chi connectivity index (χ1n) is 9.02. The van der Waals surface area contributed by atoms with Gasteiger partial charge in [-0.05, 0) is 43.6 Å². The van der Waals surface area contributed by atoms with Crippen molar-refractivity contribution in [1.82, 2.24) is 14.8 Å². The van der Waals surface area contributed by atoms with Gasteiger partial charge in [-0.15, -0.1) is 0 Å². The fraction of sp³-hybridized carbons (Fsp3) is 0.350. The van der Waals surface area contributed by atoms with Crippen LogP contribution < -0.4 is 5.32 Å². The summed E-state index contributed by atoms with van der Waals surface area (Å²) in [7, 11) is 0. The molecular formula is C20H22BrN3O2. The summed E-state index contributed by atoms with van der Waals surface area (Å²) in [6.45, 7) is 4.50. The summed E-state index contributed by atoms with van der Waals surface area (Å²) >= 11 is 3.46. The molecule has 6 heteroatoms. The quantitative estimate of drug-likeness (QED) is 0.664. The SMILES string of the molecule is O=C(NCCN1CCCC1)c1cc2occc2n1Cc1ccc(Br)cc1. The minimum Gasteiger partial charge on any atom is -0.463 e. The molecule has 3 aromatic rings. The van der Waals surface area contributed by atoms with Crippen molar-refractivity contribution in [3.05, 3.63) is 58.4 Å². The molecule has 0 bridgehead atoms. The van der Waals surface area contributed by atoms with E-state index in [0.717, 1.165) is 40.8 Å². The molecule has 1 amide bonds. The molecule has 5 nitrogen and oxygen atoms in total. The highest BCUT2D eigenvalue weighted by atomic mass is 79.9. The molecule has 0 spiro atoms. The number of amides is 1. The Kier molecular flexibility index (Phi) is 5.13. The van der Waals surface area contributed by atoms with Crippen LogP contribution in [-0.2, 0) is 6.54 Å². The lowest BCUT2D eigenvalue weighted by atomic mass is 10.2. The summed E-state index contributed by atoms with van der Waals surface area (Å²) in [4.78, 5) is 15.1. The van der Waals surface area contributed by atoms with Crippen molar-refractivity contribution in [3.63, 3.8) is 0 Å². The molecule has 1 aliphatic heterocycles. The predicted molar refractivity (Wildman–Crippen MR) is 105 cm³/mol. The average Bonchev–Trinajstić information content (AvgIpc) is 3.35. The van der Waals surface area contributed by atoms with E-state index in [9.17, 15) is 4.79 Å². The molecule has 2 aromatic heterocycles. The van der Waals surface area contributed by atoms with E-state index < -0.39 is 0 Å². The monoisotopic (exact) mass is 415 g/mol. The minimum absolute atomic E-state index is 0.0484. The van der Waals surface area contributed by atoms with Gasteiger partial charge in [-0.2, -0.15) is 0 Å². The highest BCUT2D eigenvalue weighted by Crippen LogP contribution is 2.23. The molecule has 1 fully saturated rings. The Morgan fingerprint density at radius 3 is 2.69 bits per heavy atom. The number of halogens is 1. The minimum atomic E-state index is -0.0484. The maximum absolute atomic E-state index is 12.8. The van der Waals surface area contributed by atoms with Gasteiger partial charge in [0.05, 0.1) is 11.8 Å². The third kappa shape index (κ3) is 3.71. The average molecular weight is 416 g/mol. The lowest BCUT2D eigenvalue weighted by Crippen LogP contribution is -2.34. The van der Waals surface area contributed by atoms with E-state index in [1.54, 1.807) is 6.26 Å².